The summed E-state index contributed by atoms with van der Waals surface area (Å²) in [4.78, 5) is 0. The summed E-state index contributed by atoms with van der Waals surface area (Å²) < 4.78 is 29.7. The van der Waals surface area contributed by atoms with Crippen molar-refractivity contribution in [2.75, 3.05) is 5.75 Å². The van der Waals surface area contributed by atoms with Crippen LogP contribution < -0.4 is 0 Å². The zero-order chi connectivity index (χ0) is 17.2. The van der Waals surface area contributed by atoms with Gasteiger partial charge in [-0.05, 0) is 38.5 Å². The van der Waals surface area contributed by atoms with Gasteiger partial charge in [0, 0.05) is 0 Å². The molecule has 0 fully saturated rings. The normalized spacial score (nSPS) is 12.6. The third-order valence-corrected chi connectivity index (χ3v) is 4.66. The Morgan fingerprint density at radius 3 is 1.70 bits per heavy atom. The van der Waals surface area contributed by atoms with Crippen molar-refractivity contribution in [3.63, 3.8) is 0 Å². The molecule has 23 heavy (non-hydrogen) atoms. The van der Waals surface area contributed by atoms with Crippen LogP contribution in [-0.4, -0.2) is 18.7 Å². The molecule has 0 aromatic rings. The summed E-state index contributed by atoms with van der Waals surface area (Å²) in [6, 6.07) is 0. The SMILES string of the molecule is CCCCC/C=C\C/C=C\CCCCCCCCCS(=O)(=O)O. The standard InChI is InChI=1S/C19H36O3S/c1-2-3-4-5-6-7-8-9-10-11-12-13-14-15-16-17-18-19-23(20,21)22/h6-7,9-10H,2-5,8,11-19H2,1H3,(H,20,21,22)/b7-6-,10-9-. The first-order chi connectivity index (χ1) is 11.1. The lowest BCUT2D eigenvalue weighted by Crippen LogP contribution is -2.03. The largest absolute Gasteiger partial charge is 0.286 e. The zero-order valence-electron chi connectivity index (χ0n) is 14.9. The van der Waals surface area contributed by atoms with Gasteiger partial charge in [0.05, 0.1) is 5.75 Å². The minimum atomic E-state index is -3.76. The molecule has 0 aromatic carbocycles. The predicted molar refractivity (Wildman–Crippen MR) is 100 cm³/mol. The van der Waals surface area contributed by atoms with Gasteiger partial charge in [-0.1, -0.05) is 76.2 Å². The Labute approximate surface area is 144 Å². The molecule has 0 aliphatic heterocycles. The van der Waals surface area contributed by atoms with Crippen molar-refractivity contribution in [2.45, 2.75) is 90.4 Å². The summed E-state index contributed by atoms with van der Waals surface area (Å²) in [5, 5.41) is 0. The van der Waals surface area contributed by atoms with Crippen LogP contribution in [0.25, 0.3) is 0 Å². The Morgan fingerprint density at radius 2 is 1.17 bits per heavy atom. The van der Waals surface area contributed by atoms with Crippen molar-refractivity contribution in [3.05, 3.63) is 24.3 Å². The van der Waals surface area contributed by atoms with Gasteiger partial charge in [-0.2, -0.15) is 8.42 Å². The summed E-state index contributed by atoms with van der Waals surface area (Å²) in [5.41, 5.74) is 0. The van der Waals surface area contributed by atoms with E-state index in [1.165, 1.54) is 44.9 Å². The van der Waals surface area contributed by atoms with E-state index in [1.807, 2.05) is 0 Å². The van der Waals surface area contributed by atoms with Gasteiger partial charge in [0.1, 0.15) is 0 Å². The highest BCUT2D eigenvalue weighted by atomic mass is 32.2. The van der Waals surface area contributed by atoms with Crippen molar-refractivity contribution in [2.24, 2.45) is 0 Å². The zero-order valence-corrected chi connectivity index (χ0v) is 15.7. The monoisotopic (exact) mass is 344 g/mol. The van der Waals surface area contributed by atoms with E-state index in [2.05, 4.69) is 31.2 Å². The number of allylic oxidation sites excluding steroid dienone is 4. The summed E-state index contributed by atoms with van der Waals surface area (Å²) in [6.07, 6.45) is 23.9. The Hall–Kier alpha value is -0.610. The second kappa shape index (κ2) is 16.3. The van der Waals surface area contributed by atoms with E-state index >= 15 is 0 Å². The maximum atomic E-state index is 10.5. The average molecular weight is 345 g/mol. The van der Waals surface area contributed by atoms with Crippen LogP contribution in [0.15, 0.2) is 24.3 Å². The van der Waals surface area contributed by atoms with Crippen molar-refractivity contribution in [1.82, 2.24) is 0 Å². The number of hydrogen-bond acceptors (Lipinski definition) is 2. The first kappa shape index (κ1) is 22.4. The van der Waals surface area contributed by atoms with Gasteiger partial charge in [0.15, 0.2) is 0 Å². The van der Waals surface area contributed by atoms with Gasteiger partial charge in [0.25, 0.3) is 10.1 Å². The molecule has 3 nitrogen and oxygen atoms in total. The molecule has 0 atom stereocenters. The molecule has 0 spiro atoms. The van der Waals surface area contributed by atoms with Crippen LogP contribution >= 0.6 is 0 Å². The van der Waals surface area contributed by atoms with Crippen molar-refractivity contribution in [1.29, 1.82) is 0 Å². The predicted octanol–water partition coefficient (Wildman–Crippen LogP) is 6.08. The molecule has 0 aliphatic carbocycles. The highest BCUT2D eigenvalue weighted by molar-refractivity contribution is 7.85. The van der Waals surface area contributed by atoms with E-state index in [0.29, 0.717) is 6.42 Å². The van der Waals surface area contributed by atoms with E-state index < -0.39 is 10.1 Å². The fraction of sp³-hybridized carbons (Fsp3) is 0.789. The van der Waals surface area contributed by atoms with Gasteiger partial charge in [-0.3, -0.25) is 4.55 Å². The summed E-state index contributed by atoms with van der Waals surface area (Å²) >= 11 is 0. The molecule has 0 rings (SSSR count). The molecular weight excluding hydrogens is 308 g/mol. The van der Waals surface area contributed by atoms with Crippen molar-refractivity contribution >= 4 is 10.1 Å². The number of rotatable bonds is 16. The highest BCUT2D eigenvalue weighted by Crippen LogP contribution is 2.09. The Kier molecular flexibility index (Phi) is 15.8. The van der Waals surface area contributed by atoms with Gasteiger partial charge in [-0.25, -0.2) is 0 Å². The van der Waals surface area contributed by atoms with Crippen LogP contribution in [0.2, 0.25) is 0 Å². The molecule has 136 valence electrons. The smallest absolute Gasteiger partial charge is 0.264 e. The number of unbranched alkanes of at least 4 members (excludes halogenated alkanes) is 10. The lowest BCUT2D eigenvalue weighted by atomic mass is 10.1. The molecule has 0 saturated carbocycles. The van der Waals surface area contributed by atoms with Crippen LogP contribution in [0.3, 0.4) is 0 Å². The second-order valence-corrected chi connectivity index (χ2v) is 7.80. The molecule has 0 unspecified atom stereocenters. The Balaban J connectivity index is 3.22. The average Bonchev–Trinajstić information content (AvgIpc) is 2.49. The lowest BCUT2D eigenvalue weighted by Gasteiger charge is -2.00. The topological polar surface area (TPSA) is 54.4 Å². The molecule has 0 aliphatic rings. The molecule has 0 bridgehead atoms. The number of hydrogen-bond donors (Lipinski definition) is 1. The molecule has 0 radical (unpaired) electrons. The van der Waals surface area contributed by atoms with E-state index in [4.69, 9.17) is 4.55 Å². The molecule has 4 heteroatoms. The van der Waals surface area contributed by atoms with Gasteiger partial charge in [-0.15, -0.1) is 0 Å². The second-order valence-electron chi connectivity index (χ2n) is 6.22. The summed E-state index contributed by atoms with van der Waals surface area (Å²) in [6.45, 7) is 2.23. The third-order valence-electron chi connectivity index (χ3n) is 3.85. The van der Waals surface area contributed by atoms with Crippen LogP contribution in [0.4, 0.5) is 0 Å². The first-order valence-corrected chi connectivity index (χ1v) is 10.9. The van der Waals surface area contributed by atoms with E-state index in [1.54, 1.807) is 0 Å². The summed E-state index contributed by atoms with van der Waals surface area (Å²) in [5.74, 6) is -0.0924. The fourth-order valence-electron chi connectivity index (χ4n) is 2.45. The van der Waals surface area contributed by atoms with Gasteiger partial charge in [0.2, 0.25) is 0 Å². The lowest BCUT2D eigenvalue weighted by molar-refractivity contribution is 0.478. The van der Waals surface area contributed by atoms with Crippen LogP contribution in [0.5, 0.6) is 0 Å². The molecule has 0 aromatic heterocycles. The molecule has 0 amide bonds. The van der Waals surface area contributed by atoms with Crippen molar-refractivity contribution in [3.8, 4) is 0 Å². The van der Waals surface area contributed by atoms with Gasteiger partial charge < -0.3 is 0 Å². The third kappa shape index (κ3) is 21.4. The Bertz CT molecular complexity index is 397. The molecule has 0 heterocycles. The van der Waals surface area contributed by atoms with E-state index in [9.17, 15) is 8.42 Å². The van der Waals surface area contributed by atoms with Crippen LogP contribution in [0, 0.1) is 0 Å². The molecule has 0 saturated heterocycles. The Morgan fingerprint density at radius 1 is 0.696 bits per heavy atom. The van der Waals surface area contributed by atoms with Crippen LogP contribution in [0.1, 0.15) is 90.4 Å². The van der Waals surface area contributed by atoms with Crippen LogP contribution in [-0.2, 0) is 10.1 Å². The van der Waals surface area contributed by atoms with E-state index in [0.717, 1.165) is 32.1 Å². The summed E-state index contributed by atoms with van der Waals surface area (Å²) in [7, 11) is -3.76. The maximum Gasteiger partial charge on any atom is 0.264 e. The van der Waals surface area contributed by atoms with Crippen molar-refractivity contribution < 1.29 is 13.0 Å². The minimum Gasteiger partial charge on any atom is -0.286 e. The fourth-order valence-corrected chi connectivity index (χ4v) is 3.02. The quantitative estimate of drug-likeness (QED) is 0.210. The molecular formula is C19H36O3S. The van der Waals surface area contributed by atoms with Gasteiger partial charge >= 0.3 is 0 Å². The maximum absolute atomic E-state index is 10.5. The first-order valence-electron chi connectivity index (χ1n) is 9.31. The minimum absolute atomic E-state index is 0.0924. The molecule has 1 N–H and O–H groups in total. The highest BCUT2D eigenvalue weighted by Gasteiger charge is 2.02. The van der Waals surface area contributed by atoms with E-state index in [-0.39, 0.29) is 5.75 Å².